The summed E-state index contributed by atoms with van der Waals surface area (Å²) in [5, 5.41) is 29.5. The van der Waals surface area contributed by atoms with E-state index in [2.05, 4.69) is 15.3 Å². The van der Waals surface area contributed by atoms with Crippen LogP contribution in [0.25, 0.3) is 0 Å². The maximum Gasteiger partial charge on any atom is 0.433 e. The Balaban J connectivity index is 3.11. The summed E-state index contributed by atoms with van der Waals surface area (Å²) >= 11 is 0. The summed E-state index contributed by atoms with van der Waals surface area (Å²) in [4.78, 5) is 6.53. The third-order valence-electron chi connectivity index (χ3n) is 2.34. The highest BCUT2D eigenvalue weighted by molar-refractivity contribution is 5.43. The number of nitrogens with zero attached hydrogens (tertiary/aromatic N) is 2. The van der Waals surface area contributed by atoms with Gasteiger partial charge in [-0.25, -0.2) is 4.98 Å². The number of halogens is 3. The summed E-state index contributed by atoms with van der Waals surface area (Å²) in [5.74, 6) is -0.989. The number of aliphatic hydroxyl groups is 3. The van der Waals surface area contributed by atoms with Gasteiger partial charge >= 0.3 is 6.18 Å². The molecule has 10 heteroatoms. The van der Waals surface area contributed by atoms with E-state index in [4.69, 9.17) is 21.1 Å². The van der Waals surface area contributed by atoms with Crippen LogP contribution in [-0.2, 0) is 6.18 Å². The Labute approximate surface area is 105 Å². The molecule has 0 saturated heterocycles. The Morgan fingerprint density at radius 1 is 1.11 bits per heavy atom. The summed E-state index contributed by atoms with van der Waals surface area (Å²) in [6, 6.07) is 0.562. The molecule has 1 heterocycles. The second kappa shape index (κ2) is 5.55. The fraction of sp³-hybridized carbons (Fsp3) is 0.556. The van der Waals surface area contributed by atoms with Gasteiger partial charge in [0.2, 0.25) is 5.95 Å². The van der Waals surface area contributed by atoms with Gasteiger partial charge in [0.15, 0.2) is 5.69 Å². The van der Waals surface area contributed by atoms with Crippen molar-refractivity contribution in [3.63, 3.8) is 0 Å². The minimum absolute atomic E-state index is 0.364. The van der Waals surface area contributed by atoms with Crippen LogP contribution < -0.4 is 11.1 Å². The summed E-state index contributed by atoms with van der Waals surface area (Å²) in [5.41, 5.74) is 2.27. The Bertz CT molecular complexity index is 429. The van der Waals surface area contributed by atoms with Crippen molar-refractivity contribution in [1.29, 1.82) is 0 Å². The second-order valence-corrected chi connectivity index (χ2v) is 3.87. The summed E-state index contributed by atoms with van der Waals surface area (Å²) in [7, 11) is 0. The number of hydrogen-bond donors (Lipinski definition) is 5. The number of nitrogens with one attached hydrogen (secondary N) is 1. The summed E-state index contributed by atoms with van der Waals surface area (Å²) in [6.07, 6.45) is -4.71. The van der Waals surface area contributed by atoms with Crippen LogP contribution in [0.15, 0.2) is 6.07 Å². The molecule has 1 aromatic rings. The first kappa shape index (κ1) is 15.4. The number of anilines is 2. The van der Waals surface area contributed by atoms with Crippen molar-refractivity contribution in [2.75, 3.05) is 30.9 Å². The van der Waals surface area contributed by atoms with Crippen molar-refractivity contribution in [1.82, 2.24) is 9.97 Å². The Hall–Kier alpha value is -1.65. The molecule has 0 aliphatic carbocycles. The van der Waals surface area contributed by atoms with E-state index in [-0.39, 0.29) is 5.82 Å². The molecule has 0 aromatic carbocycles. The monoisotopic (exact) mass is 282 g/mol. The lowest BCUT2D eigenvalue weighted by Gasteiger charge is -2.29. The van der Waals surface area contributed by atoms with Crippen LogP contribution in [0.4, 0.5) is 24.9 Å². The van der Waals surface area contributed by atoms with Gasteiger partial charge in [-0.15, -0.1) is 0 Å². The van der Waals surface area contributed by atoms with Gasteiger partial charge in [-0.1, -0.05) is 0 Å². The van der Waals surface area contributed by atoms with Crippen LogP contribution in [0.3, 0.4) is 0 Å². The van der Waals surface area contributed by atoms with Gasteiger partial charge in [0, 0.05) is 6.07 Å². The summed E-state index contributed by atoms with van der Waals surface area (Å²) in [6.45, 7) is -2.15. The Kier molecular flexibility index (Phi) is 4.50. The average Bonchev–Trinajstić information content (AvgIpc) is 2.34. The number of nitrogen functional groups attached to an aromatic ring is 1. The van der Waals surface area contributed by atoms with Gasteiger partial charge in [0.25, 0.3) is 0 Å². The lowest BCUT2D eigenvalue weighted by molar-refractivity contribution is -0.141. The summed E-state index contributed by atoms with van der Waals surface area (Å²) < 4.78 is 37.5. The molecular weight excluding hydrogens is 269 g/mol. The number of hydrogen-bond acceptors (Lipinski definition) is 7. The van der Waals surface area contributed by atoms with Crippen LogP contribution in [0.2, 0.25) is 0 Å². The van der Waals surface area contributed by atoms with E-state index >= 15 is 0 Å². The minimum Gasteiger partial charge on any atom is -0.394 e. The highest BCUT2D eigenvalue weighted by Crippen LogP contribution is 2.29. The molecule has 0 aliphatic heterocycles. The Morgan fingerprint density at radius 2 is 1.63 bits per heavy atom. The van der Waals surface area contributed by atoms with E-state index in [0.29, 0.717) is 6.07 Å². The highest BCUT2D eigenvalue weighted by Gasteiger charge is 2.35. The predicted octanol–water partition coefficient (Wildman–Crippen LogP) is -0.795. The number of alkyl halides is 3. The standard InChI is InChI=1S/C9H13F3N4O3/c10-9(11,12)5-1-6(15-7(13)14-5)16-8(2-17,3-18)4-19/h1,17-19H,2-4H2,(H3,13,14,15,16). The van der Waals surface area contributed by atoms with E-state index in [9.17, 15) is 13.2 Å². The van der Waals surface area contributed by atoms with Crippen molar-refractivity contribution in [3.8, 4) is 0 Å². The molecule has 108 valence electrons. The van der Waals surface area contributed by atoms with Crippen molar-refractivity contribution in [2.45, 2.75) is 11.7 Å². The van der Waals surface area contributed by atoms with Crippen molar-refractivity contribution >= 4 is 11.8 Å². The predicted molar refractivity (Wildman–Crippen MR) is 59.1 cm³/mol. The topological polar surface area (TPSA) is 125 Å². The van der Waals surface area contributed by atoms with Gasteiger partial charge in [-0.3, -0.25) is 0 Å². The molecule has 0 radical (unpaired) electrons. The van der Waals surface area contributed by atoms with Crippen LogP contribution in [0.5, 0.6) is 0 Å². The number of nitrogens with two attached hydrogens (primary N) is 1. The van der Waals surface area contributed by atoms with E-state index in [1.807, 2.05) is 0 Å². The average molecular weight is 282 g/mol. The molecule has 7 nitrogen and oxygen atoms in total. The molecule has 0 fully saturated rings. The maximum absolute atomic E-state index is 12.5. The molecule has 0 bridgehead atoms. The maximum atomic E-state index is 12.5. The number of aliphatic hydroxyl groups excluding tert-OH is 3. The molecule has 0 unspecified atom stereocenters. The van der Waals surface area contributed by atoms with Gasteiger partial charge in [0.05, 0.1) is 19.8 Å². The molecule has 19 heavy (non-hydrogen) atoms. The van der Waals surface area contributed by atoms with Gasteiger partial charge in [0.1, 0.15) is 11.4 Å². The Morgan fingerprint density at radius 3 is 2.05 bits per heavy atom. The van der Waals surface area contributed by atoms with Crippen molar-refractivity contribution in [3.05, 3.63) is 11.8 Å². The van der Waals surface area contributed by atoms with Gasteiger partial charge < -0.3 is 26.4 Å². The van der Waals surface area contributed by atoms with Crippen LogP contribution in [-0.4, -0.2) is 50.6 Å². The number of rotatable bonds is 5. The fourth-order valence-electron chi connectivity index (χ4n) is 1.22. The molecule has 1 aromatic heterocycles. The van der Waals surface area contributed by atoms with Crippen molar-refractivity contribution in [2.24, 2.45) is 0 Å². The molecule has 1 rings (SSSR count). The van der Waals surface area contributed by atoms with E-state index in [0.717, 1.165) is 0 Å². The van der Waals surface area contributed by atoms with Crippen LogP contribution in [0.1, 0.15) is 5.69 Å². The first-order valence-electron chi connectivity index (χ1n) is 5.09. The highest BCUT2D eigenvalue weighted by atomic mass is 19.4. The van der Waals surface area contributed by atoms with Crippen LogP contribution in [0, 0.1) is 0 Å². The van der Waals surface area contributed by atoms with E-state index < -0.39 is 43.2 Å². The molecule has 0 saturated carbocycles. The smallest absolute Gasteiger partial charge is 0.394 e. The molecule has 0 spiro atoms. The van der Waals surface area contributed by atoms with Crippen molar-refractivity contribution < 1.29 is 28.5 Å². The van der Waals surface area contributed by atoms with E-state index in [1.165, 1.54) is 0 Å². The van der Waals surface area contributed by atoms with E-state index in [1.54, 1.807) is 0 Å². The zero-order valence-corrected chi connectivity index (χ0v) is 9.65. The first-order valence-corrected chi connectivity index (χ1v) is 5.09. The lowest BCUT2D eigenvalue weighted by atomic mass is 10.0. The third kappa shape index (κ3) is 3.66. The second-order valence-electron chi connectivity index (χ2n) is 3.87. The minimum atomic E-state index is -4.71. The zero-order valence-electron chi connectivity index (χ0n) is 9.65. The van der Waals surface area contributed by atoms with Gasteiger partial charge in [-0.05, 0) is 0 Å². The molecular formula is C9H13F3N4O3. The normalized spacial score (nSPS) is 12.5. The lowest BCUT2D eigenvalue weighted by Crippen LogP contribution is -2.49. The largest absolute Gasteiger partial charge is 0.433 e. The molecule has 0 atom stereocenters. The van der Waals surface area contributed by atoms with Gasteiger partial charge in [-0.2, -0.15) is 18.2 Å². The first-order chi connectivity index (χ1) is 8.76. The number of aromatic nitrogens is 2. The quantitative estimate of drug-likeness (QED) is 0.479. The molecule has 0 amide bonds. The molecule has 0 aliphatic rings. The zero-order chi connectivity index (χ0) is 14.7. The van der Waals surface area contributed by atoms with Crippen LogP contribution >= 0.6 is 0 Å². The SMILES string of the molecule is Nc1nc(NC(CO)(CO)CO)cc(C(F)(F)F)n1. The fourth-order valence-corrected chi connectivity index (χ4v) is 1.22. The third-order valence-corrected chi connectivity index (χ3v) is 2.34. The molecule has 6 N–H and O–H groups in total.